The number of rotatable bonds is 2. The molecule has 0 amide bonds. The second-order valence-corrected chi connectivity index (χ2v) is 21.2. The van der Waals surface area contributed by atoms with Crippen molar-refractivity contribution in [2.24, 2.45) is 46.3 Å². The lowest BCUT2D eigenvalue weighted by molar-refractivity contribution is -0.272. The van der Waals surface area contributed by atoms with Gasteiger partial charge in [0.25, 0.3) is 0 Å². The summed E-state index contributed by atoms with van der Waals surface area (Å²) in [4.78, 5) is 14.0. The molecule has 6 rings (SSSR count). The molecule has 5 fully saturated rings. The van der Waals surface area contributed by atoms with Crippen molar-refractivity contribution in [1.29, 1.82) is 0 Å². The quantitative estimate of drug-likeness (QED) is 0.332. The van der Waals surface area contributed by atoms with Gasteiger partial charge >= 0.3 is 0 Å². The second kappa shape index (κ2) is 8.75. The van der Waals surface area contributed by atoms with E-state index >= 15 is 0 Å². The van der Waals surface area contributed by atoms with Crippen LogP contribution in [-0.2, 0) is 18.7 Å². The molecule has 2 saturated heterocycles. The molecule has 0 aromatic heterocycles. The number of fused-ring (bicyclic) bond motifs is 7. The number of hydrogen-bond donors (Lipinski definition) is 0. The maximum Gasteiger partial charge on any atom is 0.192 e. The van der Waals surface area contributed by atoms with Crippen LogP contribution in [0.1, 0.15) is 99.8 Å². The summed E-state index contributed by atoms with van der Waals surface area (Å²) in [5, 5.41) is 0.211. The van der Waals surface area contributed by atoms with E-state index in [0.717, 1.165) is 38.7 Å². The molecule has 4 aliphatic carbocycles. The van der Waals surface area contributed by atoms with Gasteiger partial charge in [0, 0.05) is 24.4 Å². The van der Waals surface area contributed by atoms with E-state index in [-0.39, 0.29) is 39.8 Å². The molecular weight excluding hydrogens is 488 g/mol. The Hall–Kier alpha value is -0.493. The van der Waals surface area contributed by atoms with E-state index in [2.05, 4.69) is 67.6 Å². The standard InChI is InChI=1S/C33H54O4Si/c1-20-10-15-33(35-19-20)21(2)29-27(36-33)18-25-28-24(12-14-32(25,29)7)31(6)13-11-23(16-22(31)17-26(28)34)37-38(8,9)30(3,4)5/h17,20-21,23-25,27-29H,10-16,18-19H2,1-9H3/t20?,21-,23?,24-,25-,27-,28+,29-,31-,32-,33+/m0/s1. The monoisotopic (exact) mass is 542 g/mol. The molecule has 0 N–H and O–H groups in total. The Kier molecular flexibility index (Phi) is 6.37. The molecule has 0 aromatic carbocycles. The van der Waals surface area contributed by atoms with Gasteiger partial charge in [0.15, 0.2) is 19.9 Å². The van der Waals surface area contributed by atoms with Crippen LogP contribution in [0.4, 0.5) is 0 Å². The van der Waals surface area contributed by atoms with E-state index in [1.54, 1.807) is 0 Å². The van der Waals surface area contributed by atoms with Gasteiger partial charge in [-0.05, 0) is 104 Å². The zero-order valence-electron chi connectivity index (χ0n) is 25.7. The molecule has 2 aliphatic heterocycles. The van der Waals surface area contributed by atoms with Crippen molar-refractivity contribution < 1.29 is 18.7 Å². The zero-order valence-corrected chi connectivity index (χ0v) is 26.7. The molecule has 2 heterocycles. The van der Waals surface area contributed by atoms with Crippen molar-refractivity contribution in [3.8, 4) is 0 Å². The Bertz CT molecular complexity index is 1000. The number of hydrogen-bond acceptors (Lipinski definition) is 4. The highest BCUT2D eigenvalue weighted by Crippen LogP contribution is 2.70. The molecule has 3 saturated carbocycles. The van der Waals surface area contributed by atoms with Crippen LogP contribution < -0.4 is 0 Å². The topological polar surface area (TPSA) is 44.8 Å². The van der Waals surface area contributed by atoms with Crippen molar-refractivity contribution in [3.05, 3.63) is 11.6 Å². The fourth-order valence-electron chi connectivity index (χ4n) is 10.1. The maximum absolute atomic E-state index is 14.0. The van der Waals surface area contributed by atoms with Crippen LogP contribution >= 0.6 is 0 Å². The van der Waals surface area contributed by atoms with Gasteiger partial charge in [0.05, 0.1) is 12.7 Å². The summed E-state index contributed by atoms with van der Waals surface area (Å²) >= 11 is 0. The molecule has 4 nitrogen and oxygen atoms in total. The molecule has 11 atom stereocenters. The first kappa shape index (κ1) is 27.7. The lowest BCUT2D eigenvalue weighted by Gasteiger charge is -2.58. The molecule has 38 heavy (non-hydrogen) atoms. The first-order chi connectivity index (χ1) is 17.6. The molecule has 5 heteroatoms. The second-order valence-electron chi connectivity index (χ2n) is 16.5. The van der Waals surface area contributed by atoms with Gasteiger partial charge in [-0.25, -0.2) is 0 Å². The van der Waals surface area contributed by atoms with E-state index in [4.69, 9.17) is 13.9 Å². The highest BCUT2D eigenvalue weighted by atomic mass is 28.4. The summed E-state index contributed by atoms with van der Waals surface area (Å²) in [5.74, 6) is 2.61. The Morgan fingerprint density at radius 2 is 1.76 bits per heavy atom. The average Bonchev–Trinajstić information content (AvgIpc) is 3.26. The minimum absolute atomic E-state index is 0.140. The molecular formula is C33H54O4Si. The van der Waals surface area contributed by atoms with Crippen LogP contribution in [0.25, 0.3) is 0 Å². The molecule has 2 unspecified atom stereocenters. The number of allylic oxidation sites excluding steroid dienone is 1. The minimum Gasteiger partial charge on any atom is -0.414 e. The first-order valence-electron chi connectivity index (χ1n) is 15.9. The molecule has 214 valence electrons. The van der Waals surface area contributed by atoms with Crippen LogP contribution in [0.5, 0.6) is 0 Å². The van der Waals surface area contributed by atoms with E-state index in [9.17, 15) is 4.79 Å². The lowest BCUT2D eigenvalue weighted by atomic mass is 9.46. The predicted octanol–water partition coefficient (Wildman–Crippen LogP) is 7.92. The highest BCUT2D eigenvalue weighted by molar-refractivity contribution is 6.74. The third-order valence-electron chi connectivity index (χ3n) is 13.4. The lowest BCUT2D eigenvalue weighted by Crippen LogP contribution is -2.55. The highest BCUT2D eigenvalue weighted by Gasteiger charge is 2.69. The van der Waals surface area contributed by atoms with Crippen molar-refractivity contribution >= 4 is 14.1 Å². The summed E-state index contributed by atoms with van der Waals surface area (Å²) < 4.78 is 20.3. The van der Waals surface area contributed by atoms with Gasteiger partial charge in [-0.15, -0.1) is 0 Å². The Labute approximate surface area is 233 Å². The van der Waals surface area contributed by atoms with Gasteiger partial charge in [-0.2, -0.15) is 0 Å². The summed E-state index contributed by atoms with van der Waals surface area (Å²) in [5.41, 5.74) is 1.70. The largest absolute Gasteiger partial charge is 0.414 e. The Balaban J connectivity index is 1.23. The average molecular weight is 543 g/mol. The van der Waals surface area contributed by atoms with E-state index in [1.165, 1.54) is 24.8 Å². The normalized spacial score (nSPS) is 50.8. The van der Waals surface area contributed by atoms with Crippen LogP contribution in [0.15, 0.2) is 11.6 Å². The van der Waals surface area contributed by atoms with Crippen LogP contribution in [-0.4, -0.2) is 38.7 Å². The third-order valence-corrected chi connectivity index (χ3v) is 18.0. The number of carbonyl (C=O) groups is 1. The molecule has 6 aliphatic rings. The predicted molar refractivity (Wildman–Crippen MR) is 154 cm³/mol. The van der Waals surface area contributed by atoms with Gasteiger partial charge in [0.2, 0.25) is 0 Å². The van der Waals surface area contributed by atoms with E-state index in [0.29, 0.717) is 35.4 Å². The van der Waals surface area contributed by atoms with Crippen molar-refractivity contribution in [2.75, 3.05) is 6.61 Å². The summed E-state index contributed by atoms with van der Waals surface area (Å²) in [6.07, 6.45) is 11.5. The Morgan fingerprint density at radius 3 is 2.42 bits per heavy atom. The summed E-state index contributed by atoms with van der Waals surface area (Å²) in [6.45, 7) is 22.2. The molecule has 0 aromatic rings. The molecule has 0 radical (unpaired) electrons. The van der Waals surface area contributed by atoms with E-state index in [1.807, 2.05) is 0 Å². The van der Waals surface area contributed by atoms with Gasteiger partial charge < -0.3 is 13.9 Å². The van der Waals surface area contributed by atoms with Crippen molar-refractivity contribution in [3.63, 3.8) is 0 Å². The SMILES string of the molecule is CC1CC[C@@]2(OC1)O[C@H]1C[C@H]3[C@@H]4C(=O)C=C5CC(O[Si](C)(C)C(C)(C)C)CC[C@]5(C)[C@H]4CC[C@]3(C)[C@H]1[C@@H]2C. The fraction of sp³-hybridized carbons (Fsp3) is 0.909. The van der Waals surface area contributed by atoms with Crippen LogP contribution in [0.2, 0.25) is 18.1 Å². The van der Waals surface area contributed by atoms with E-state index < -0.39 is 8.32 Å². The van der Waals surface area contributed by atoms with Gasteiger partial charge in [-0.1, -0.05) is 54.0 Å². The fourth-order valence-corrected chi connectivity index (χ4v) is 11.5. The van der Waals surface area contributed by atoms with Crippen LogP contribution in [0, 0.1) is 46.3 Å². The number of ketones is 1. The summed E-state index contributed by atoms with van der Waals surface area (Å²) in [7, 11) is -1.83. The van der Waals surface area contributed by atoms with Gasteiger partial charge in [0.1, 0.15) is 0 Å². The minimum atomic E-state index is -1.83. The Morgan fingerprint density at radius 1 is 1.03 bits per heavy atom. The van der Waals surface area contributed by atoms with Crippen molar-refractivity contribution in [2.45, 2.75) is 136 Å². The van der Waals surface area contributed by atoms with Gasteiger partial charge in [-0.3, -0.25) is 4.79 Å². The first-order valence-corrected chi connectivity index (χ1v) is 18.8. The smallest absolute Gasteiger partial charge is 0.192 e. The maximum atomic E-state index is 14.0. The third kappa shape index (κ3) is 3.87. The number of ether oxygens (including phenoxy) is 2. The van der Waals surface area contributed by atoms with Crippen molar-refractivity contribution in [1.82, 2.24) is 0 Å². The molecule has 1 spiro atoms. The number of carbonyl (C=O) groups excluding carboxylic acids is 1. The van der Waals surface area contributed by atoms with Crippen LogP contribution in [0.3, 0.4) is 0 Å². The summed E-state index contributed by atoms with van der Waals surface area (Å²) in [6, 6.07) is 0. The zero-order chi connectivity index (χ0) is 27.5. The molecule has 0 bridgehead atoms.